The van der Waals surface area contributed by atoms with Crippen molar-refractivity contribution in [3.63, 3.8) is 0 Å². The average molecular weight is 332 g/mol. The van der Waals surface area contributed by atoms with E-state index >= 15 is 0 Å². The third-order valence-corrected chi connectivity index (χ3v) is 4.38. The first-order valence-corrected chi connectivity index (χ1v) is 7.54. The molecule has 1 aliphatic heterocycles. The zero-order valence-corrected chi connectivity index (χ0v) is 12.1. The van der Waals surface area contributed by atoms with Crippen LogP contribution in [0.25, 0.3) is 0 Å². The number of aliphatic carboxylic acids is 1. The van der Waals surface area contributed by atoms with E-state index in [0.29, 0.717) is 0 Å². The van der Waals surface area contributed by atoms with E-state index < -0.39 is 37.5 Å². The van der Waals surface area contributed by atoms with Gasteiger partial charge in [0.2, 0.25) is 10.0 Å². The second-order valence-electron chi connectivity index (χ2n) is 4.40. The molecule has 2 rings (SSSR count). The molecular formula is C11H12N2O8S. The quantitative estimate of drug-likeness (QED) is 0.571. The molecule has 0 bridgehead atoms. The van der Waals surface area contributed by atoms with Gasteiger partial charge in [0.15, 0.2) is 16.4 Å². The molecule has 0 spiro atoms. The van der Waals surface area contributed by atoms with Gasteiger partial charge in [-0.2, -0.15) is 4.72 Å². The number of nitro groups is 1. The highest BCUT2D eigenvalue weighted by atomic mass is 32.2. The number of fused-ring (bicyclic) bond motifs is 1. The largest absolute Gasteiger partial charge is 0.486 e. The van der Waals surface area contributed by atoms with Crippen LogP contribution >= 0.6 is 0 Å². The third kappa shape index (κ3) is 3.09. The maximum atomic E-state index is 12.2. The van der Waals surface area contributed by atoms with E-state index in [-0.39, 0.29) is 24.7 Å². The van der Waals surface area contributed by atoms with E-state index in [1.807, 2.05) is 4.72 Å². The Balaban J connectivity index is 2.53. The molecule has 0 amide bonds. The van der Waals surface area contributed by atoms with E-state index in [1.165, 1.54) is 0 Å². The second-order valence-corrected chi connectivity index (χ2v) is 6.08. The maximum absolute atomic E-state index is 12.2. The van der Waals surface area contributed by atoms with Crippen molar-refractivity contribution in [3.05, 3.63) is 22.2 Å². The van der Waals surface area contributed by atoms with Gasteiger partial charge in [0.1, 0.15) is 19.3 Å². The van der Waals surface area contributed by atoms with Gasteiger partial charge in [-0.05, 0) is 6.92 Å². The molecule has 0 aromatic heterocycles. The van der Waals surface area contributed by atoms with Crippen LogP contribution in [-0.4, -0.2) is 43.7 Å². The van der Waals surface area contributed by atoms with Gasteiger partial charge in [0.25, 0.3) is 5.69 Å². The zero-order valence-electron chi connectivity index (χ0n) is 11.3. The van der Waals surface area contributed by atoms with Crippen LogP contribution in [-0.2, 0) is 14.8 Å². The molecule has 1 aromatic carbocycles. The molecule has 1 unspecified atom stereocenters. The van der Waals surface area contributed by atoms with Gasteiger partial charge in [-0.15, -0.1) is 0 Å². The number of rotatable bonds is 5. The fourth-order valence-electron chi connectivity index (χ4n) is 1.76. The van der Waals surface area contributed by atoms with Crippen molar-refractivity contribution in [2.24, 2.45) is 0 Å². The first-order valence-electron chi connectivity index (χ1n) is 6.05. The molecular weight excluding hydrogens is 320 g/mol. The molecule has 22 heavy (non-hydrogen) atoms. The lowest BCUT2D eigenvalue weighted by Crippen LogP contribution is -2.38. The molecule has 0 saturated carbocycles. The Morgan fingerprint density at radius 1 is 1.36 bits per heavy atom. The molecule has 1 aromatic rings. The van der Waals surface area contributed by atoms with Crippen LogP contribution in [0.2, 0.25) is 0 Å². The SMILES string of the molecule is CC(NS(=O)(=O)c1cc2c(cc1[N+](=O)[O-])OCCO2)C(=O)O. The van der Waals surface area contributed by atoms with Crippen molar-refractivity contribution < 1.29 is 32.7 Å². The van der Waals surface area contributed by atoms with E-state index in [0.717, 1.165) is 19.1 Å². The monoisotopic (exact) mass is 332 g/mol. The molecule has 1 atom stereocenters. The predicted molar refractivity (Wildman–Crippen MR) is 71.5 cm³/mol. The first-order chi connectivity index (χ1) is 10.2. The number of nitrogens with one attached hydrogen (secondary N) is 1. The lowest BCUT2D eigenvalue weighted by Gasteiger charge is -2.19. The minimum atomic E-state index is -4.42. The minimum Gasteiger partial charge on any atom is -0.486 e. The number of sulfonamides is 1. The molecule has 120 valence electrons. The summed E-state index contributed by atoms with van der Waals surface area (Å²) in [6, 6.07) is 0.440. The Kier molecular flexibility index (Phi) is 4.19. The number of hydrogen-bond donors (Lipinski definition) is 2. The molecule has 1 aliphatic rings. The van der Waals surface area contributed by atoms with Gasteiger partial charge in [0, 0.05) is 6.07 Å². The Labute approximate surface area is 124 Å². The van der Waals surface area contributed by atoms with Gasteiger partial charge < -0.3 is 14.6 Å². The summed E-state index contributed by atoms with van der Waals surface area (Å²) in [4.78, 5) is 20.3. The number of carboxylic acids is 1. The third-order valence-electron chi connectivity index (χ3n) is 2.81. The predicted octanol–water partition coefficient (Wildman–Crippen LogP) is 0.117. The van der Waals surface area contributed by atoms with Crippen molar-refractivity contribution in [2.75, 3.05) is 13.2 Å². The molecule has 11 heteroatoms. The normalized spacial score (nSPS) is 15.1. The summed E-state index contributed by atoms with van der Waals surface area (Å²) in [7, 11) is -4.42. The van der Waals surface area contributed by atoms with Gasteiger partial charge in [-0.3, -0.25) is 14.9 Å². The van der Waals surface area contributed by atoms with E-state index in [9.17, 15) is 23.3 Å². The van der Waals surface area contributed by atoms with Crippen molar-refractivity contribution >= 4 is 21.7 Å². The summed E-state index contributed by atoms with van der Waals surface area (Å²) in [5, 5.41) is 19.8. The van der Waals surface area contributed by atoms with Crippen molar-refractivity contribution in [2.45, 2.75) is 17.9 Å². The van der Waals surface area contributed by atoms with Gasteiger partial charge in [0.05, 0.1) is 11.0 Å². The number of nitro benzene ring substituents is 1. The van der Waals surface area contributed by atoms with Crippen LogP contribution in [0.3, 0.4) is 0 Å². The molecule has 2 N–H and O–H groups in total. The number of ether oxygens (including phenoxy) is 2. The number of hydrogen-bond acceptors (Lipinski definition) is 7. The van der Waals surface area contributed by atoms with E-state index in [4.69, 9.17) is 14.6 Å². The zero-order chi connectivity index (χ0) is 16.5. The van der Waals surface area contributed by atoms with Gasteiger partial charge >= 0.3 is 5.97 Å². The lowest BCUT2D eigenvalue weighted by molar-refractivity contribution is -0.388. The van der Waals surface area contributed by atoms with Crippen LogP contribution in [0, 0.1) is 10.1 Å². The molecule has 0 radical (unpaired) electrons. The van der Waals surface area contributed by atoms with E-state index in [2.05, 4.69) is 0 Å². The summed E-state index contributed by atoms with van der Waals surface area (Å²) in [6.45, 7) is 1.46. The van der Waals surface area contributed by atoms with Crippen LogP contribution < -0.4 is 14.2 Å². The smallest absolute Gasteiger partial charge is 0.321 e. The van der Waals surface area contributed by atoms with Crippen molar-refractivity contribution in [3.8, 4) is 11.5 Å². The van der Waals surface area contributed by atoms with E-state index in [1.54, 1.807) is 0 Å². The summed E-state index contributed by atoms with van der Waals surface area (Å²) in [5.41, 5.74) is -0.727. The highest BCUT2D eigenvalue weighted by Gasteiger charge is 2.32. The Hall–Kier alpha value is -2.40. The highest BCUT2D eigenvalue weighted by Crippen LogP contribution is 2.38. The fourth-order valence-corrected chi connectivity index (χ4v) is 3.13. The number of carboxylic acid groups (broad SMARTS) is 1. The number of carbonyl (C=O) groups is 1. The Morgan fingerprint density at radius 3 is 2.41 bits per heavy atom. The second kappa shape index (κ2) is 5.77. The van der Waals surface area contributed by atoms with Crippen LogP contribution in [0.1, 0.15) is 6.92 Å². The Bertz CT molecular complexity index is 730. The van der Waals surface area contributed by atoms with Crippen LogP contribution in [0.4, 0.5) is 5.69 Å². The van der Waals surface area contributed by atoms with Crippen molar-refractivity contribution in [1.29, 1.82) is 0 Å². The summed E-state index contributed by atoms with van der Waals surface area (Å²) in [5.74, 6) is -1.31. The highest BCUT2D eigenvalue weighted by molar-refractivity contribution is 7.89. The number of benzene rings is 1. The topological polar surface area (TPSA) is 145 Å². The molecule has 0 fully saturated rings. The van der Waals surface area contributed by atoms with Gasteiger partial charge in [-0.1, -0.05) is 0 Å². The summed E-state index contributed by atoms with van der Waals surface area (Å²) < 4.78 is 36.6. The Morgan fingerprint density at radius 2 is 1.91 bits per heavy atom. The minimum absolute atomic E-state index is 0.0419. The van der Waals surface area contributed by atoms with Crippen LogP contribution in [0.15, 0.2) is 17.0 Å². The van der Waals surface area contributed by atoms with Crippen LogP contribution in [0.5, 0.6) is 11.5 Å². The lowest BCUT2D eigenvalue weighted by atomic mass is 10.2. The molecule has 0 aliphatic carbocycles. The maximum Gasteiger partial charge on any atom is 0.321 e. The first kappa shape index (κ1) is 16.0. The number of nitrogens with zero attached hydrogens (tertiary/aromatic N) is 1. The molecule has 1 heterocycles. The molecule has 0 saturated heterocycles. The summed E-state index contributed by atoms with van der Waals surface area (Å²) in [6.07, 6.45) is 0. The average Bonchev–Trinajstić information content (AvgIpc) is 2.45. The van der Waals surface area contributed by atoms with Crippen molar-refractivity contribution in [1.82, 2.24) is 4.72 Å². The standard InChI is InChI=1S/C11H12N2O8S/c1-6(11(14)15)12-22(18,19)10-5-9-8(20-2-3-21-9)4-7(10)13(16)17/h4-6,12H,2-3H2,1H3,(H,14,15). The van der Waals surface area contributed by atoms with Gasteiger partial charge in [-0.25, -0.2) is 8.42 Å². The fraction of sp³-hybridized carbons (Fsp3) is 0.364. The summed E-state index contributed by atoms with van der Waals surface area (Å²) >= 11 is 0. The molecule has 10 nitrogen and oxygen atoms in total.